The number of rotatable bonds is 0. The van der Waals surface area contributed by atoms with Crippen LogP contribution in [0.2, 0.25) is 0 Å². The normalized spacial score (nSPS) is 8.75. The molecule has 0 aromatic heterocycles. The van der Waals surface area contributed by atoms with Crippen molar-refractivity contribution < 1.29 is 0 Å². The van der Waals surface area contributed by atoms with Crippen LogP contribution in [0.1, 0.15) is 27.7 Å². The van der Waals surface area contributed by atoms with Gasteiger partial charge in [0.25, 0.3) is 0 Å². The summed E-state index contributed by atoms with van der Waals surface area (Å²) < 4.78 is 0. The zero-order chi connectivity index (χ0) is 7.21. The molecule has 0 N–H and O–H groups in total. The van der Waals surface area contributed by atoms with Gasteiger partial charge in [0.15, 0.2) is 0 Å². The van der Waals surface area contributed by atoms with Crippen LogP contribution in [0.3, 0.4) is 0 Å². The molecule has 0 radical (unpaired) electrons. The summed E-state index contributed by atoms with van der Waals surface area (Å²) in [5.74, 6) is 0. The van der Waals surface area contributed by atoms with Crippen molar-refractivity contribution in [1.82, 2.24) is 0 Å². The zero-order valence-electron chi connectivity index (χ0n) is 5.96. The van der Waals surface area contributed by atoms with Crippen LogP contribution in [-0.4, -0.2) is 18.2 Å². The minimum absolute atomic E-state index is 0.500. The smallest absolute Gasteiger partial charge is 0.309 e. The van der Waals surface area contributed by atoms with Crippen LogP contribution < -0.4 is 0 Å². The Morgan fingerprint density at radius 1 is 1.00 bits per heavy atom. The summed E-state index contributed by atoms with van der Waals surface area (Å²) >= 11 is -0.639. The largest absolute Gasteiger partial charge is 0.618 e. The molecule has 0 saturated carbocycles. The molecular formula is C5H12Cl2Mg. The van der Waals surface area contributed by atoms with Crippen LogP contribution in [0.25, 0.3) is 0 Å². The third-order valence-corrected chi connectivity index (χ3v) is 0. The summed E-state index contributed by atoms with van der Waals surface area (Å²) in [6, 6.07) is 0. The van der Waals surface area contributed by atoms with E-state index in [2.05, 4.69) is 27.7 Å². The Kier molecular flexibility index (Phi) is 9.75. The molecule has 0 aliphatic rings. The fraction of sp³-hybridized carbons (Fsp3) is 1.00. The molecule has 8 heavy (non-hydrogen) atoms. The molecule has 0 spiro atoms. The van der Waals surface area contributed by atoms with E-state index in [0.29, 0.717) is 5.41 Å². The van der Waals surface area contributed by atoms with Crippen molar-refractivity contribution in [3.8, 4) is 0 Å². The number of hydrogen-bond acceptors (Lipinski definition) is 0. The van der Waals surface area contributed by atoms with E-state index >= 15 is 0 Å². The predicted octanol–water partition coefficient (Wildman–Crippen LogP) is 3.05. The Bertz CT molecular complexity index is 34.2. The van der Waals surface area contributed by atoms with Crippen molar-refractivity contribution in [1.29, 1.82) is 0 Å². The lowest BCUT2D eigenvalue weighted by Gasteiger charge is -2.05. The van der Waals surface area contributed by atoms with E-state index in [1.54, 1.807) is 0 Å². The average Bonchev–Trinajstić information content (AvgIpc) is 1.27. The monoisotopic (exact) mass is 166 g/mol. The maximum Gasteiger partial charge on any atom is 0.618 e. The molecule has 0 aliphatic heterocycles. The molecule has 0 bridgehead atoms. The first-order chi connectivity index (χ1) is 3.41. The predicted molar refractivity (Wildman–Crippen MR) is 42.6 cm³/mol. The maximum atomic E-state index is 4.90. The van der Waals surface area contributed by atoms with Gasteiger partial charge in [-0.25, -0.2) is 0 Å². The second kappa shape index (κ2) is 6.47. The lowest BCUT2D eigenvalue weighted by molar-refractivity contribution is 0.469. The van der Waals surface area contributed by atoms with E-state index in [1.165, 1.54) is 0 Å². The molecule has 0 amide bonds. The van der Waals surface area contributed by atoms with Gasteiger partial charge in [0.05, 0.1) is 0 Å². The summed E-state index contributed by atoms with van der Waals surface area (Å²) in [5, 5.41) is 0. The molecule has 0 heterocycles. The van der Waals surface area contributed by atoms with E-state index in [1.807, 2.05) is 0 Å². The highest BCUT2D eigenvalue weighted by atomic mass is 35.6. The highest BCUT2D eigenvalue weighted by Crippen LogP contribution is 2.07. The van der Waals surface area contributed by atoms with E-state index in [0.717, 1.165) is 0 Å². The number of hydrogen-bond donors (Lipinski definition) is 0. The van der Waals surface area contributed by atoms with Crippen molar-refractivity contribution >= 4 is 36.3 Å². The van der Waals surface area contributed by atoms with Crippen LogP contribution in [-0.2, 0) is 0 Å². The lowest BCUT2D eigenvalue weighted by Crippen LogP contribution is -1.93. The summed E-state index contributed by atoms with van der Waals surface area (Å²) in [7, 11) is 9.81. The summed E-state index contributed by atoms with van der Waals surface area (Å²) in [6.45, 7) is 8.75. The Morgan fingerprint density at radius 2 is 1.00 bits per heavy atom. The van der Waals surface area contributed by atoms with Crippen LogP contribution in [0.4, 0.5) is 0 Å². The van der Waals surface area contributed by atoms with Crippen molar-refractivity contribution in [2.45, 2.75) is 27.7 Å². The Labute approximate surface area is 69.2 Å². The fourth-order valence-corrected chi connectivity index (χ4v) is 0. The first-order valence-electron chi connectivity index (χ1n) is 2.53. The van der Waals surface area contributed by atoms with Gasteiger partial charge < -0.3 is 18.1 Å². The highest BCUT2D eigenvalue weighted by molar-refractivity contribution is 7.22. The van der Waals surface area contributed by atoms with E-state index in [4.69, 9.17) is 18.1 Å². The van der Waals surface area contributed by atoms with Crippen LogP contribution in [0.15, 0.2) is 0 Å². The Morgan fingerprint density at radius 3 is 1.00 bits per heavy atom. The van der Waals surface area contributed by atoms with Crippen molar-refractivity contribution in [3.63, 3.8) is 0 Å². The molecule has 0 aromatic carbocycles. The Balaban J connectivity index is 0. The lowest BCUT2D eigenvalue weighted by atomic mass is 10.0. The zero-order valence-corrected chi connectivity index (χ0v) is 8.89. The quantitative estimate of drug-likeness (QED) is 0.486. The molecule has 0 rings (SSSR count). The molecule has 0 unspecified atom stereocenters. The molecule has 0 atom stereocenters. The van der Waals surface area contributed by atoms with Crippen molar-refractivity contribution in [3.05, 3.63) is 0 Å². The van der Waals surface area contributed by atoms with E-state index in [-0.39, 0.29) is 0 Å². The van der Waals surface area contributed by atoms with Crippen molar-refractivity contribution in [2.24, 2.45) is 5.41 Å². The molecule has 0 fully saturated rings. The third kappa shape index (κ3) is 163. The minimum Gasteiger partial charge on any atom is -0.309 e. The van der Waals surface area contributed by atoms with Gasteiger partial charge in [-0.05, 0) is 5.41 Å². The summed E-state index contributed by atoms with van der Waals surface area (Å²) in [5.41, 5.74) is 0.500. The second-order valence-electron chi connectivity index (χ2n) is 3.10. The molecule has 0 aromatic rings. The number of halogens is 2. The van der Waals surface area contributed by atoms with Gasteiger partial charge >= 0.3 is 18.2 Å². The molecule has 0 nitrogen and oxygen atoms in total. The van der Waals surface area contributed by atoms with Gasteiger partial charge in [0.2, 0.25) is 0 Å². The summed E-state index contributed by atoms with van der Waals surface area (Å²) in [6.07, 6.45) is 0. The second-order valence-corrected chi connectivity index (χ2v) is 5.73. The SMILES string of the molecule is CC(C)(C)C.[Cl][Mg][Cl]. The van der Waals surface area contributed by atoms with Gasteiger partial charge in [-0.1, -0.05) is 27.7 Å². The molecular weight excluding hydrogens is 155 g/mol. The van der Waals surface area contributed by atoms with Gasteiger partial charge in [-0.3, -0.25) is 0 Å². The molecule has 48 valence electrons. The fourth-order valence-electron chi connectivity index (χ4n) is 0. The third-order valence-electron chi connectivity index (χ3n) is 0. The highest BCUT2D eigenvalue weighted by Gasteiger charge is 1.95. The van der Waals surface area contributed by atoms with Crippen LogP contribution >= 0.6 is 18.1 Å². The molecule has 0 saturated heterocycles. The maximum absolute atomic E-state index is 4.90. The van der Waals surface area contributed by atoms with Gasteiger partial charge in [-0.2, -0.15) is 0 Å². The summed E-state index contributed by atoms with van der Waals surface area (Å²) in [4.78, 5) is 0. The van der Waals surface area contributed by atoms with Crippen LogP contribution in [0, 0.1) is 5.41 Å². The minimum atomic E-state index is -0.639. The molecule has 3 heteroatoms. The van der Waals surface area contributed by atoms with E-state index < -0.39 is 18.2 Å². The van der Waals surface area contributed by atoms with Gasteiger partial charge in [0, 0.05) is 0 Å². The van der Waals surface area contributed by atoms with Crippen LogP contribution in [0.5, 0.6) is 0 Å². The van der Waals surface area contributed by atoms with Gasteiger partial charge in [0.1, 0.15) is 0 Å². The topological polar surface area (TPSA) is 0 Å². The van der Waals surface area contributed by atoms with Crippen molar-refractivity contribution in [2.75, 3.05) is 0 Å². The first-order valence-corrected chi connectivity index (χ1v) is 6.81. The standard InChI is InChI=1S/C5H12.2ClH.Mg/c1-5(2,3)4;;;/h1-4H3;2*1H;/q;;;+2/p-2. The average molecular weight is 167 g/mol. The van der Waals surface area contributed by atoms with E-state index in [9.17, 15) is 0 Å². The first kappa shape index (κ1) is 12.1. The molecule has 0 aliphatic carbocycles. The Hall–Kier alpha value is 1.35. The van der Waals surface area contributed by atoms with Gasteiger partial charge in [-0.15, -0.1) is 0 Å².